The van der Waals surface area contributed by atoms with Crippen LogP contribution in [-0.2, 0) is 12.8 Å². The molecule has 2 heterocycles. The predicted octanol–water partition coefficient (Wildman–Crippen LogP) is 3.10. The van der Waals surface area contributed by atoms with Crippen LogP contribution in [0.3, 0.4) is 0 Å². The van der Waals surface area contributed by atoms with Crippen molar-refractivity contribution in [2.45, 2.75) is 57.8 Å². The Hall–Kier alpha value is -1.30. The first kappa shape index (κ1) is 12.7. The molecule has 3 rings (SSSR count). The van der Waals surface area contributed by atoms with Crippen LogP contribution in [0.1, 0.15) is 66.7 Å². The average molecular weight is 278 g/mol. The van der Waals surface area contributed by atoms with Crippen molar-refractivity contribution in [1.29, 1.82) is 0 Å². The van der Waals surface area contributed by atoms with E-state index in [1.165, 1.54) is 17.8 Å². The molecule has 1 saturated carbocycles. The van der Waals surface area contributed by atoms with Gasteiger partial charge in [0, 0.05) is 24.7 Å². The molecule has 0 N–H and O–H groups in total. The first-order valence-corrected chi connectivity index (χ1v) is 7.72. The number of hydrogen-bond acceptors (Lipinski definition) is 6. The number of aromatic nitrogens is 4. The SMILES string of the molecule is CCc1nc(CCC(C)c2nnc(C3CC3)s2)no1. The van der Waals surface area contributed by atoms with E-state index < -0.39 is 0 Å². The summed E-state index contributed by atoms with van der Waals surface area (Å²) < 4.78 is 5.11. The van der Waals surface area contributed by atoms with Crippen molar-refractivity contribution in [3.8, 4) is 0 Å². The van der Waals surface area contributed by atoms with E-state index in [1.54, 1.807) is 11.3 Å². The number of hydrogen-bond donors (Lipinski definition) is 0. The second-order valence-electron chi connectivity index (χ2n) is 5.15. The van der Waals surface area contributed by atoms with Crippen LogP contribution in [0.4, 0.5) is 0 Å². The monoisotopic (exact) mass is 278 g/mol. The minimum absolute atomic E-state index is 0.411. The third-order valence-electron chi connectivity index (χ3n) is 3.42. The van der Waals surface area contributed by atoms with Gasteiger partial charge in [-0.3, -0.25) is 0 Å². The highest BCUT2D eigenvalue weighted by atomic mass is 32.1. The molecule has 19 heavy (non-hydrogen) atoms. The minimum atomic E-state index is 0.411. The van der Waals surface area contributed by atoms with E-state index in [1.807, 2.05) is 6.92 Å². The van der Waals surface area contributed by atoms with Crippen LogP contribution in [0, 0.1) is 0 Å². The van der Waals surface area contributed by atoms with Gasteiger partial charge in [-0.1, -0.05) is 19.0 Å². The molecule has 1 aliphatic carbocycles. The Bertz CT molecular complexity index is 546. The Balaban J connectivity index is 1.56. The maximum absolute atomic E-state index is 5.11. The van der Waals surface area contributed by atoms with Crippen molar-refractivity contribution in [2.24, 2.45) is 0 Å². The topological polar surface area (TPSA) is 64.7 Å². The van der Waals surface area contributed by atoms with Gasteiger partial charge in [-0.2, -0.15) is 4.98 Å². The van der Waals surface area contributed by atoms with Crippen molar-refractivity contribution in [3.63, 3.8) is 0 Å². The highest BCUT2D eigenvalue weighted by molar-refractivity contribution is 7.11. The molecule has 1 aliphatic rings. The van der Waals surface area contributed by atoms with Gasteiger partial charge in [0.1, 0.15) is 10.0 Å². The van der Waals surface area contributed by atoms with Gasteiger partial charge in [-0.25, -0.2) is 0 Å². The highest BCUT2D eigenvalue weighted by Crippen LogP contribution is 2.42. The molecule has 6 heteroatoms. The summed E-state index contributed by atoms with van der Waals surface area (Å²) in [5.74, 6) is 2.63. The molecule has 2 aromatic heterocycles. The van der Waals surface area contributed by atoms with Crippen molar-refractivity contribution in [2.75, 3.05) is 0 Å². The van der Waals surface area contributed by atoms with Crippen molar-refractivity contribution in [1.82, 2.24) is 20.3 Å². The average Bonchev–Trinajstić information content (AvgIpc) is 2.99. The highest BCUT2D eigenvalue weighted by Gasteiger charge is 2.28. The van der Waals surface area contributed by atoms with Gasteiger partial charge < -0.3 is 4.52 Å². The Morgan fingerprint density at radius 3 is 2.89 bits per heavy atom. The third-order valence-corrected chi connectivity index (χ3v) is 4.74. The van der Waals surface area contributed by atoms with E-state index in [0.717, 1.165) is 36.0 Å². The number of rotatable bonds is 6. The number of nitrogens with zero attached hydrogens (tertiary/aromatic N) is 4. The Morgan fingerprint density at radius 1 is 1.37 bits per heavy atom. The third kappa shape index (κ3) is 3.00. The van der Waals surface area contributed by atoms with Crippen LogP contribution < -0.4 is 0 Å². The molecule has 2 aromatic rings. The lowest BCUT2D eigenvalue weighted by molar-refractivity contribution is 0.375. The van der Waals surface area contributed by atoms with Gasteiger partial charge >= 0.3 is 0 Å². The van der Waals surface area contributed by atoms with Crippen LogP contribution in [0.25, 0.3) is 0 Å². The summed E-state index contributed by atoms with van der Waals surface area (Å²) in [6, 6.07) is 0. The summed E-state index contributed by atoms with van der Waals surface area (Å²) in [5.41, 5.74) is 0. The zero-order valence-electron chi connectivity index (χ0n) is 11.3. The molecule has 0 amide bonds. The van der Waals surface area contributed by atoms with Crippen LogP contribution in [-0.4, -0.2) is 20.3 Å². The smallest absolute Gasteiger partial charge is 0.226 e. The summed E-state index contributed by atoms with van der Waals surface area (Å²) in [7, 11) is 0. The van der Waals surface area contributed by atoms with Crippen molar-refractivity contribution in [3.05, 3.63) is 21.7 Å². The van der Waals surface area contributed by atoms with Crippen LogP contribution >= 0.6 is 11.3 Å². The predicted molar refractivity (Wildman–Crippen MR) is 72.3 cm³/mol. The minimum Gasteiger partial charge on any atom is -0.339 e. The van der Waals surface area contributed by atoms with Crippen LogP contribution in [0.15, 0.2) is 4.52 Å². The molecule has 0 saturated heterocycles. The first-order valence-electron chi connectivity index (χ1n) is 6.91. The Kier molecular flexibility index (Phi) is 3.59. The molecular formula is C13H18N4OS. The maximum Gasteiger partial charge on any atom is 0.226 e. The molecule has 1 atom stereocenters. The largest absolute Gasteiger partial charge is 0.339 e. The van der Waals surface area contributed by atoms with Gasteiger partial charge in [-0.15, -0.1) is 21.5 Å². The molecule has 0 spiro atoms. The quantitative estimate of drug-likeness (QED) is 0.812. The lowest BCUT2D eigenvalue weighted by atomic mass is 10.1. The van der Waals surface area contributed by atoms with Crippen molar-refractivity contribution < 1.29 is 4.52 Å². The van der Waals surface area contributed by atoms with E-state index in [4.69, 9.17) is 4.52 Å². The van der Waals surface area contributed by atoms with Crippen LogP contribution in [0.5, 0.6) is 0 Å². The van der Waals surface area contributed by atoms with E-state index in [-0.39, 0.29) is 0 Å². The second kappa shape index (κ2) is 5.36. The summed E-state index contributed by atoms with van der Waals surface area (Å²) in [4.78, 5) is 4.33. The van der Waals surface area contributed by atoms with Gasteiger partial charge in [-0.05, 0) is 19.3 Å². The van der Waals surface area contributed by atoms with Gasteiger partial charge in [0.05, 0.1) is 0 Å². The number of aryl methyl sites for hydroxylation is 2. The molecule has 0 radical (unpaired) electrons. The normalized spacial score (nSPS) is 16.7. The summed E-state index contributed by atoms with van der Waals surface area (Å²) >= 11 is 1.77. The Labute approximate surface area is 116 Å². The fourth-order valence-corrected chi connectivity index (χ4v) is 3.04. The molecule has 0 aromatic carbocycles. The zero-order chi connectivity index (χ0) is 13.2. The van der Waals surface area contributed by atoms with Crippen molar-refractivity contribution >= 4 is 11.3 Å². The molecule has 0 bridgehead atoms. The molecule has 5 nitrogen and oxygen atoms in total. The maximum atomic E-state index is 5.11. The molecule has 0 aliphatic heterocycles. The van der Waals surface area contributed by atoms with Gasteiger partial charge in [0.15, 0.2) is 5.82 Å². The second-order valence-corrected chi connectivity index (χ2v) is 6.19. The molecular weight excluding hydrogens is 260 g/mol. The fourth-order valence-electron chi connectivity index (χ4n) is 1.95. The van der Waals surface area contributed by atoms with E-state index >= 15 is 0 Å². The molecule has 1 unspecified atom stereocenters. The van der Waals surface area contributed by atoms with Crippen LogP contribution in [0.2, 0.25) is 0 Å². The molecule has 1 fully saturated rings. The van der Waals surface area contributed by atoms with E-state index in [9.17, 15) is 0 Å². The first-order chi connectivity index (χ1) is 9.26. The standard InChI is InChI=1S/C13H18N4OS/c1-3-11-14-10(17-18-11)7-4-8(2)12-15-16-13(19-12)9-5-6-9/h8-9H,3-7H2,1-2H3. The lowest BCUT2D eigenvalue weighted by Gasteiger charge is -2.04. The summed E-state index contributed by atoms with van der Waals surface area (Å²) in [5, 5.41) is 14.9. The lowest BCUT2D eigenvalue weighted by Crippen LogP contribution is -1.97. The zero-order valence-corrected chi connectivity index (χ0v) is 12.1. The van der Waals surface area contributed by atoms with Gasteiger partial charge in [0.2, 0.25) is 5.89 Å². The Morgan fingerprint density at radius 2 is 2.21 bits per heavy atom. The molecule has 102 valence electrons. The summed E-state index contributed by atoms with van der Waals surface area (Å²) in [6.45, 7) is 4.21. The summed E-state index contributed by atoms with van der Waals surface area (Å²) in [6.07, 6.45) is 5.19. The van der Waals surface area contributed by atoms with Gasteiger partial charge in [0.25, 0.3) is 0 Å². The fraction of sp³-hybridized carbons (Fsp3) is 0.692. The van der Waals surface area contributed by atoms with E-state index in [0.29, 0.717) is 11.8 Å². The van der Waals surface area contributed by atoms with E-state index in [2.05, 4.69) is 27.3 Å².